The van der Waals surface area contributed by atoms with E-state index >= 15 is 0 Å². The number of aromatic nitrogens is 1. The predicted octanol–water partition coefficient (Wildman–Crippen LogP) is 4.18. The fourth-order valence-electron chi connectivity index (χ4n) is 3.64. The fourth-order valence-corrected chi connectivity index (χ4v) is 3.64. The molecule has 0 bridgehead atoms. The maximum absolute atomic E-state index is 4.60. The third-order valence-corrected chi connectivity index (χ3v) is 4.95. The van der Waals surface area contributed by atoms with Crippen molar-refractivity contribution in [2.75, 3.05) is 20.6 Å². The monoisotopic (exact) mass is 323 g/mol. The Balaban J connectivity index is 1.75. The maximum atomic E-state index is 4.60. The smallest absolute Gasteiger partial charge is 0.0573 e. The number of piperidine rings is 1. The standard InChI is InChI=1S/C21H29N3/c1-17-7-6-13-22-20(17)16-24-14-5-4-8-21(24)19-11-9-18(10-12-19)15-23(2)3/h6-7,9-13,21H,4-5,8,14-16H2,1-3H3/t21-/m0/s1. The van der Waals surface area contributed by atoms with Crippen LogP contribution in [0.4, 0.5) is 0 Å². The molecule has 3 nitrogen and oxygen atoms in total. The minimum Gasteiger partial charge on any atom is -0.305 e. The van der Waals surface area contributed by atoms with Gasteiger partial charge < -0.3 is 4.90 Å². The van der Waals surface area contributed by atoms with Gasteiger partial charge in [0.15, 0.2) is 0 Å². The van der Waals surface area contributed by atoms with Crippen molar-refractivity contribution in [1.82, 2.24) is 14.8 Å². The van der Waals surface area contributed by atoms with Crippen LogP contribution in [0.5, 0.6) is 0 Å². The molecule has 1 aliphatic rings. The lowest BCUT2D eigenvalue weighted by Crippen LogP contribution is -2.33. The minimum atomic E-state index is 0.522. The molecular formula is C21H29N3. The van der Waals surface area contributed by atoms with Gasteiger partial charge in [0.25, 0.3) is 0 Å². The van der Waals surface area contributed by atoms with Crippen molar-refractivity contribution in [2.45, 2.75) is 45.3 Å². The molecule has 3 rings (SSSR count). The molecule has 0 N–H and O–H groups in total. The van der Waals surface area contributed by atoms with Crippen molar-refractivity contribution in [2.24, 2.45) is 0 Å². The molecule has 1 atom stereocenters. The van der Waals surface area contributed by atoms with Crippen molar-refractivity contribution in [1.29, 1.82) is 0 Å². The van der Waals surface area contributed by atoms with Crippen molar-refractivity contribution in [3.8, 4) is 0 Å². The van der Waals surface area contributed by atoms with Crippen LogP contribution in [0.15, 0.2) is 42.6 Å². The number of aryl methyl sites for hydroxylation is 1. The second-order valence-corrected chi connectivity index (χ2v) is 7.23. The first kappa shape index (κ1) is 17.1. The molecule has 1 aromatic heterocycles. The molecule has 0 amide bonds. The van der Waals surface area contributed by atoms with Crippen LogP contribution in [0, 0.1) is 6.92 Å². The van der Waals surface area contributed by atoms with Crippen molar-refractivity contribution < 1.29 is 0 Å². The van der Waals surface area contributed by atoms with Crippen molar-refractivity contribution in [3.63, 3.8) is 0 Å². The van der Waals surface area contributed by atoms with Crippen LogP contribution in [0.3, 0.4) is 0 Å². The molecule has 1 saturated heterocycles. The van der Waals surface area contributed by atoms with E-state index < -0.39 is 0 Å². The summed E-state index contributed by atoms with van der Waals surface area (Å²) in [7, 11) is 4.23. The highest BCUT2D eigenvalue weighted by Gasteiger charge is 2.24. The van der Waals surface area contributed by atoms with Gasteiger partial charge in [-0.05, 0) is 63.2 Å². The van der Waals surface area contributed by atoms with E-state index in [1.165, 1.54) is 48.2 Å². The van der Waals surface area contributed by atoms with Crippen LogP contribution in [-0.2, 0) is 13.1 Å². The van der Waals surface area contributed by atoms with Crippen molar-refractivity contribution in [3.05, 3.63) is 65.0 Å². The summed E-state index contributed by atoms with van der Waals surface area (Å²) >= 11 is 0. The summed E-state index contributed by atoms with van der Waals surface area (Å²) in [6.07, 6.45) is 5.78. The summed E-state index contributed by atoms with van der Waals surface area (Å²) in [5, 5.41) is 0. The molecular weight excluding hydrogens is 294 g/mol. The molecule has 1 aliphatic heterocycles. The van der Waals surface area contributed by atoms with E-state index in [9.17, 15) is 0 Å². The Morgan fingerprint density at radius 3 is 2.62 bits per heavy atom. The summed E-state index contributed by atoms with van der Waals surface area (Å²) in [4.78, 5) is 9.43. The summed E-state index contributed by atoms with van der Waals surface area (Å²) in [5.41, 5.74) is 5.34. The summed E-state index contributed by atoms with van der Waals surface area (Å²) in [6, 6.07) is 13.9. The van der Waals surface area contributed by atoms with Crippen LogP contribution >= 0.6 is 0 Å². The van der Waals surface area contributed by atoms with Crippen LogP contribution in [0.2, 0.25) is 0 Å². The Morgan fingerprint density at radius 1 is 1.12 bits per heavy atom. The quantitative estimate of drug-likeness (QED) is 0.823. The van der Waals surface area contributed by atoms with Crippen LogP contribution in [0.1, 0.15) is 47.7 Å². The van der Waals surface area contributed by atoms with Crippen LogP contribution in [0.25, 0.3) is 0 Å². The zero-order valence-electron chi connectivity index (χ0n) is 15.2. The first-order valence-corrected chi connectivity index (χ1v) is 9.01. The average molecular weight is 323 g/mol. The topological polar surface area (TPSA) is 19.4 Å². The lowest BCUT2D eigenvalue weighted by molar-refractivity contribution is 0.138. The van der Waals surface area contributed by atoms with E-state index in [0.717, 1.165) is 13.1 Å². The first-order valence-electron chi connectivity index (χ1n) is 9.01. The highest BCUT2D eigenvalue weighted by atomic mass is 15.2. The van der Waals surface area contributed by atoms with E-state index in [1.54, 1.807) is 0 Å². The van der Waals surface area contributed by atoms with Gasteiger partial charge in [0.1, 0.15) is 0 Å². The molecule has 0 aliphatic carbocycles. The number of likely N-dealkylation sites (tertiary alicyclic amines) is 1. The molecule has 24 heavy (non-hydrogen) atoms. The maximum Gasteiger partial charge on any atom is 0.0573 e. The molecule has 0 spiro atoms. The molecule has 1 aromatic carbocycles. The molecule has 2 heterocycles. The lowest BCUT2D eigenvalue weighted by Gasteiger charge is -2.36. The minimum absolute atomic E-state index is 0.522. The van der Waals surface area contributed by atoms with Gasteiger partial charge in [0, 0.05) is 25.3 Å². The number of hydrogen-bond donors (Lipinski definition) is 0. The van der Waals surface area contributed by atoms with Gasteiger partial charge in [0.2, 0.25) is 0 Å². The number of benzene rings is 1. The Kier molecular flexibility index (Phi) is 5.64. The molecule has 3 heteroatoms. The summed E-state index contributed by atoms with van der Waals surface area (Å²) in [5.74, 6) is 0. The second-order valence-electron chi connectivity index (χ2n) is 7.23. The van der Waals surface area contributed by atoms with Gasteiger partial charge in [-0.25, -0.2) is 0 Å². The highest BCUT2D eigenvalue weighted by molar-refractivity contribution is 5.26. The van der Waals surface area contributed by atoms with Gasteiger partial charge >= 0.3 is 0 Å². The van der Waals surface area contributed by atoms with Gasteiger partial charge in [0.05, 0.1) is 5.69 Å². The molecule has 0 saturated carbocycles. The molecule has 1 fully saturated rings. The first-order chi connectivity index (χ1) is 11.6. The Bertz CT molecular complexity index is 648. The number of pyridine rings is 1. The van der Waals surface area contributed by atoms with Gasteiger partial charge in [-0.1, -0.05) is 36.8 Å². The average Bonchev–Trinajstić information content (AvgIpc) is 2.58. The number of hydrogen-bond acceptors (Lipinski definition) is 3. The predicted molar refractivity (Wildman–Crippen MR) is 99.8 cm³/mol. The van der Waals surface area contributed by atoms with E-state index in [0.29, 0.717) is 6.04 Å². The zero-order chi connectivity index (χ0) is 16.9. The van der Waals surface area contributed by atoms with Gasteiger partial charge in [-0.2, -0.15) is 0 Å². The third-order valence-electron chi connectivity index (χ3n) is 4.95. The van der Waals surface area contributed by atoms with Gasteiger partial charge in [-0.3, -0.25) is 9.88 Å². The van der Waals surface area contributed by atoms with Gasteiger partial charge in [-0.15, -0.1) is 0 Å². The lowest BCUT2D eigenvalue weighted by atomic mass is 9.94. The van der Waals surface area contributed by atoms with Crippen LogP contribution < -0.4 is 0 Å². The Morgan fingerprint density at radius 2 is 1.92 bits per heavy atom. The van der Waals surface area contributed by atoms with Crippen LogP contribution in [-0.4, -0.2) is 35.4 Å². The molecule has 0 unspecified atom stereocenters. The van der Waals surface area contributed by atoms with E-state index in [-0.39, 0.29) is 0 Å². The van der Waals surface area contributed by atoms with E-state index in [2.05, 4.69) is 66.1 Å². The third kappa shape index (κ3) is 4.22. The highest BCUT2D eigenvalue weighted by Crippen LogP contribution is 2.32. The molecule has 2 aromatic rings. The Labute approximate surface area is 146 Å². The molecule has 128 valence electrons. The largest absolute Gasteiger partial charge is 0.305 e. The fraction of sp³-hybridized carbons (Fsp3) is 0.476. The summed E-state index contributed by atoms with van der Waals surface area (Å²) in [6.45, 7) is 5.29. The SMILES string of the molecule is Cc1cccnc1CN1CCCC[C@H]1c1ccc(CN(C)C)cc1. The summed E-state index contributed by atoms with van der Waals surface area (Å²) < 4.78 is 0. The zero-order valence-corrected chi connectivity index (χ0v) is 15.2. The van der Waals surface area contributed by atoms with E-state index in [1.807, 2.05) is 12.3 Å². The number of rotatable bonds is 5. The van der Waals surface area contributed by atoms with E-state index in [4.69, 9.17) is 0 Å². The van der Waals surface area contributed by atoms with Crippen molar-refractivity contribution >= 4 is 0 Å². The number of nitrogens with zero attached hydrogens (tertiary/aromatic N) is 3. The second kappa shape index (κ2) is 7.91. The Hall–Kier alpha value is -1.71. The molecule has 0 radical (unpaired) electrons. The normalized spacial score (nSPS) is 18.9.